The van der Waals surface area contributed by atoms with E-state index < -0.39 is 0 Å². The van der Waals surface area contributed by atoms with Crippen LogP contribution in [0.5, 0.6) is 0 Å². The zero-order chi connectivity index (χ0) is 14.0. The summed E-state index contributed by atoms with van der Waals surface area (Å²) < 4.78 is 0. The molecule has 0 saturated carbocycles. The van der Waals surface area contributed by atoms with Crippen LogP contribution in [0.3, 0.4) is 0 Å². The summed E-state index contributed by atoms with van der Waals surface area (Å²) in [6.07, 6.45) is 1.63. The fraction of sp³-hybridized carbons (Fsp3) is 0.154. The number of nitrogens with zero attached hydrogens (tertiary/aromatic N) is 1. The van der Waals surface area contributed by atoms with Gasteiger partial charge in [0, 0.05) is 11.9 Å². The van der Waals surface area contributed by atoms with E-state index in [4.69, 9.17) is 46.4 Å². The predicted octanol–water partition coefficient (Wildman–Crippen LogP) is 5.87. The van der Waals surface area contributed by atoms with Crippen molar-refractivity contribution in [1.29, 1.82) is 0 Å². The molecule has 1 unspecified atom stereocenters. The maximum Gasteiger partial charge on any atom is 0.131 e. The van der Waals surface area contributed by atoms with Crippen LogP contribution in [0.2, 0.25) is 20.2 Å². The Labute approximate surface area is 131 Å². The lowest BCUT2D eigenvalue weighted by molar-refractivity contribution is 0.884. The number of halogens is 4. The highest BCUT2D eigenvalue weighted by Crippen LogP contribution is 2.36. The minimum Gasteiger partial charge on any atom is -0.378 e. The maximum atomic E-state index is 6.20. The molecule has 0 aliphatic heterocycles. The van der Waals surface area contributed by atoms with E-state index in [1.807, 2.05) is 19.1 Å². The first-order valence-electron chi connectivity index (χ1n) is 5.50. The van der Waals surface area contributed by atoms with Gasteiger partial charge in [-0.1, -0.05) is 52.5 Å². The molecule has 0 radical (unpaired) electrons. The van der Waals surface area contributed by atoms with E-state index in [1.54, 1.807) is 18.3 Å². The molecular weight excluding hydrogens is 326 g/mol. The van der Waals surface area contributed by atoms with Crippen LogP contribution in [0.15, 0.2) is 30.5 Å². The topological polar surface area (TPSA) is 24.9 Å². The lowest BCUT2D eigenvalue weighted by Gasteiger charge is -2.18. The number of anilines is 1. The number of pyridine rings is 1. The van der Waals surface area contributed by atoms with E-state index in [9.17, 15) is 0 Å². The molecule has 2 rings (SSSR count). The summed E-state index contributed by atoms with van der Waals surface area (Å²) in [6, 6.07) is 7.10. The van der Waals surface area contributed by atoms with Crippen molar-refractivity contribution in [2.45, 2.75) is 13.0 Å². The summed E-state index contributed by atoms with van der Waals surface area (Å²) in [4.78, 5) is 3.92. The van der Waals surface area contributed by atoms with Crippen LogP contribution in [0, 0.1) is 0 Å². The molecule has 0 aliphatic carbocycles. The Morgan fingerprint density at radius 1 is 1.05 bits per heavy atom. The maximum absolute atomic E-state index is 6.20. The van der Waals surface area contributed by atoms with E-state index in [1.165, 1.54) is 0 Å². The van der Waals surface area contributed by atoms with Crippen molar-refractivity contribution >= 4 is 52.1 Å². The van der Waals surface area contributed by atoms with Gasteiger partial charge in [0.1, 0.15) is 5.15 Å². The smallest absolute Gasteiger partial charge is 0.131 e. The Hall–Kier alpha value is -0.670. The standard InChI is InChI=1S/C13H10Cl4N2/c1-7(19-8-4-5-18-11(15)6-8)9-2-3-10(14)13(17)12(9)16/h2-7H,1H3,(H,18,19). The lowest BCUT2D eigenvalue weighted by Crippen LogP contribution is -2.07. The van der Waals surface area contributed by atoms with Crippen molar-refractivity contribution in [2.24, 2.45) is 0 Å². The van der Waals surface area contributed by atoms with E-state index in [0.29, 0.717) is 20.2 Å². The molecule has 2 aromatic rings. The first-order valence-corrected chi connectivity index (χ1v) is 7.01. The van der Waals surface area contributed by atoms with Crippen LogP contribution < -0.4 is 5.32 Å². The van der Waals surface area contributed by atoms with Gasteiger partial charge >= 0.3 is 0 Å². The molecule has 1 atom stereocenters. The summed E-state index contributed by atoms with van der Waals surface area (Å²) >= 11 is 24.0. The number of benzene rings is 1. The number of aromatic nitrogens is 1. The third-order valence-corrected chi connectivity index (χ3v) is 4.16. The molecule has 0 saturated heterocycles. The highest BCUT2D eigenvalue weighted by atomic mass is 35.5. The molecule has 1 aromatic carbocycles. The Morgan fingerprint density at radius 3 is 2.47 bits per heavy atom. The van der Waals surface area contributed by atoms with Gasteiger partial charge in [-0.2, -0.15) is 0 Å². The fourth-order valence-corrected chi connectivity index (χ4v) is 2.58. The lowest BCUT2D eigenvalue weighted by atomic mass is 10.1. The number of hydrogen-bond donors (Lipinski definition) is 1. The number of hydrogen-bond acceptors (Lipinski definition) is 2. The van der Waals surface area contributed by atoms with Crippen molar-refractivity contribution in [3.05, 3.63) is 56.2 Å². The molecule has 6 heteroatoms. The molecule has 19 heavy (non-hydrogen) atoms. The molecule has 1 heterocycles. The quantitative estimate of drug-likeness (QED) is 0.560. The van der Waals surface area contributed by atoms with Crippen LogP contribution in [-0.2, 0) is 0 Å². The van der Waals surface area contributed by atoms with E-state index in [-0.39, 0.29) is 6.04 Å². The normalized spacial score (nSPS) is 12.3. The second-order valence-electron chi connectivity index (χ2n) is 4.00. The first-order chi connectivity index (χ1) is 8.99. The molecule has 0 spiro atoms. The zero-order valence-electron chi connectivity index (χ0n) is 9.92. The summed E-state index contributed by atoms with van der Waals surface area (Å²) in [6.45, 7) is 1.97. The summed E-state index contributed by atoms with van der Waals surface area (Å²) in [5.74, 6) is 0. The average Bonchev–Trinajstić information content (AvgIpc) is 2.36. The van der Waals surface area contributed by atoms with Crippen LogP contribution in [0.1, 0.15) is 18.5 Å². The molecule has 0 bridgehead atoms. The SMILES string of the molecule is CC(Nc1ccnc(Cl)c1)c1ccc(Cl)c(Cl)c1Cl. The molecule has 0 aliphatic rings. The van der Waals surface area contributed by atoms with E-state index in [0.717, 1.165) is 11.3 Å². The highest BCUT2D eigenvalue weighted by molar-refractivity contribution is 6.48. The second kappa shape index (κ2) is 6.19. The predicted molar refractivity (Wildman–Crippen MR) is 82.8 cm³/mol. The summed E-state index contributed by atoms with van der Waals surface area (Å²) in [7, 11) is 0. The van der Waals surface area contributed by atoms with Gasteiger partial charge in [-0.25, -0.2) is 4.98 Å². The highest BCUT2D eigenvalue weighted by Gasteiger charge is 2.14. The van der Waals surface area contributed by atoms with Crippen LogP contribution in [0.25, 0.3) is 0 Å². The van der Waals surface area contributed by atoms with Gasteiger partial charge in [-0.05, 0) is 30.7 Å². The summed E-state index contributed by atoms with van der Waals surface area (Å²) in [5.41, 5.74) is 1.72. The van der Waals surface area contributed by atoms with Crippen molar-refractivity contribution in [3.8, 4) is 0 Å². The molecule has 1 aromatic heterocycles. The van der Waals surface area contributed by atoms with Gasteiger partial charge in [-0.3, -0.25) is 0 Å². The summed E-state index contributed by atoms with van der Waals surface area (Å²) in [5, 5.41) is 4.96. The minimum absolute atomic E-state index is 0.0410. The average molecular weight is 336 g/mol. The van der Waals surface area contributed by atoms with Crippen LogP contribution in [-0.4, -0.2) is 4.98 Å². The first kappa shape index (κ1) is 14.7. The largest absolute Gasteiger partial charge is 0.378 e. The minimum atomic E-state index is -0.0410. The fourth-order valence-electron chi connectivity index (χ4n) is 1.70. The third-order valence-electron chi connectivity index (χ3n) is 2.64. The Bertz CT molecular complexity index is 601. The van der Waals surface area contributed by atoms with Crippen LogP contribution in [0.4, 0.5) is 5.69 Å². The van der Waals surface area contributed by atoms with E-state index >= 15 is 0 Å². The number of nitrogens with one attached hydrogen (secondary N) is 1. The molecular formula is C13H10Cl4N2. The van der Waals surface area contributed by atoms with Gasteiger partial charge in [-0.15, -0.1) is 0 Å². The Morgan fingerprint density at radius 2 is 1.79 bits per heavy atom. The van der Waals surface area contributed by atoms with Crippen molar-refractivity contribution in [2.75, 3.05) is 5.32 Å². The Balaban J connectivity index is 2.25. The molecule has 1 N–H and O–H groups in total. The Kier molecular flexibility index (Phi) is 4.80. The molecule has 100 valence electrons. The van der Waals surface area contributed by atoms with Crippen molar-refractivity contribution in [3.63, 3.8) is 0 Å². The molecule has 0 fully saturated rings. The van der Waals surface area contributed by atoms with Crippen molar-refractivity contribution < 1.29 is 0 Å². The molecule has 2 nitrogen and oxygen atoms in total. The molecule has 0 amide bonds. The van der Waals surface area contributed by atoms with Crippen LogP contribution >= 0.6 is 46.4 Å². The van der Waals surface area contributed by atoms with E-state index in [2.05, 4.69) is 10.3 Å². The van der Waals surface area contributed by atoms with Gasteiger partial charge < -0.3 is 5.32 Å². The third kappa shape index (κ3) is 3.46. The van der Waals surface area contributed by atoms with Crippen molar-refractivity contribution in [1.82, 2.24) is 4.98 Å². The monoisotopic (exact) mass is 334 g/mol. The van der Waals surface area contributed by atoms with Gasteiger partial charge in [0.2, 0.25) is 0 Å². The second-order valence-corrected chi connectivity index (χ2v) is 5.55. The number of rotatable bonds is 3. The zero-order valence-corrected chi connectivity index (χ0v) is 12.9. The van der Waals surface area contributed by atoms with Gasteiger partial charge in [0.05, 0.1) is 21.1 Å². The van der Waals surface area contributed by atoms with Gasteiger partial charge in [0.15, 0.2) is 0 Å². The van der Waals surface area contributed by atoms with Gasteiger partial charge in [0.25, 0.3) is 0 Å².